The highest BCUT2D eigenvalue weighted by atomic mass is 16.5. The van der Waals surface area contributed by atoms with Crippen molar-refractivity contribution in [2.45, 2.75) is 39.4 Å². The average molecular weight is 385 g/mol. The summed E-state index contributed by atoms with van der Waals surface area (Å²) in [6.45, 7) is 7.56. The number of aliphatic hydroxyl groups excluding tert-OH is 1. The second kappa shape index (κ2) is 9.30. The molecule has 0 bridgehead atoms. The van der Waals surface area contributed by atoms with Crippen molar-refractivity contribution in [3.8, 4) is 11.5 Å². The number of ether oxygens (including phenoxy) is 2. The molecule has 3 N–H and O–H groups in total. The third-order valence-electron chi connectivity index (χ3n) is 5.72. The van der Waals surface area contributed by atoms with Crippen molar-refractivity contribution in [2.75, 3.05) is 32.5 Å². The van der Waals surface area contributed by atoms with Crippen molar-refractivity contribution in [1.29, 1.82) is 0 Å². The van der Waals surface area contributed by atoms with Gasteiger partial charge in [-0.05, 0) is 55.1 Å². The molecule has 1 aliphatic rings. The van der Waals surface area contributed by atoms with Crippen molar-refractivity contribution < 1.29 is 14.6 Å². The fourth-order valence-corrected chi connectivity index (χ4v) is 3.91. The Kier molecular flexibility index (Phi) is 6.81. The van der Waals surface area contributed by atoms with Gasteiger partial charge in [0.15, 0.2) is 11.5 Å². The number of nitrogens with zero attached hydrogens (tertiary/aromatic N) is 1. The van der Waals surface area contributed by atoms with E-state index >= 15 is 0 Å². The maximum atomic E-state index is 10.4. The van der Waals surface area contributed by atoms with E-state index in [0.717, 1.165) is 43.6 Å². The first-order valence-corrected chi connectivity index (χ1v) is 10.1. The number of piperidine rings is 1. The number of nitrogens with two attached hydrogens (primary N) is 1. The molecule has 1 saturated heterocycles. The fourth-order valence-electron chi connectivity index (χ4n) is 3.91. The van der Waals surface area contributed by atoms with Gasteiger partial charge in [0.25, 0.3) is 0 Å². The Hall–Kier alpha value is -2.24. The smallest absolute Gasteiger partial charge is 0.184 e. The third-order valence-corrected chi connectivity index (χ3v) is 5.72. The third kappa shape index (κ3) is 4.78. The van der Waals surface area contributed by atoms with Gasteiger partial charge in [-0.15, -0.1) is 0 Å². The van der Waals surface area contributed by atoms with Crippen LogP contribution in [0.3, 0.4) is 0 Å². The number of benzene rings is 2. The summed E-state index contributed by atoms with van der Waals surface area (Å²) < 4.78 is 11.6. The summed E-state index contributed by atoms with van der Waals surface area (Å²) in [5, 5.41) is 10.4. The van der Waals surface area contributed by atoms with Gasteiger partial charge in [0, 0.05) is 19.0 Å². The van der Waals surface area contributed by atoms with Crippen LogP contribution in [0.5, 0.6) is 11.5 Å². The van der Waals surface area contributed by atoms with Crippen LogP contribution in [0.15, 0.2) is 36.4 Å². The minimum absolute atomic E-state index is 0.205. The lowest BCUT2D eigenvalue weighted by Crippen LogP contribution is -2.43. The molecule has 28 heavy (non-hydrogen) atoms. The fraction of sp³-hybridized carbons (Fsp3) is 0.478. The Bertz CT molecular complexity index is 793. The normalized spacial score (nSPS) is 20.1. The summed E-state index contributed by atoms with van der Waals surface area (Å²) in [4.78, 5) is 2.39. The second-order valence-electron chi connectivity index (χ2n) is 7.65. The number of aryl methyl sites for hydroxylation is 1. The van der Waals surface area contributed by atoms with Crippen LogP contribution in [0.25, 0.3) is 0 Å². The molecular weight excluding hydrogens is 352 g/mol. The molecule has 3 rings (SSSR count). The highest BCUT2D eigenvalue weighted by Crippen LogP contribution is 2.37. The number of methoxy groups -OCH3 is 1. The summed E-state index contributed by atoms with van der Waals surface area (Å²) in [5.74, 6) is 1.42. The number of hydrogen-bond donors (Lipinski definition) is 2. The van der Waals surface area contributed by atoms with Gasteiger partial charge in [0.2, 0.25) is 0 Å². The van der Waals surface area contributed by atoms with E-state index in [1.54, 1.807) is 7.11 Å². The van der Waals surface area contributed by atoms with Gasteiger partial charge >= 0.3 is 0 Å². The zero-order valence-corrected chi connectivity index (χ0v) is 17.1. The van der Waals surface area contributed by atoms with Gasteiger partial charge in [-0.25, -0.2) is 0 Å². The Labute approximate surface area is 168 Å². The molecule has 152 valence electrons. The van der Waals surface area contributed by atoms with Crippen LogP contribution in [0.1, 0.15) is 30.0 Å². The number of hydrogen-bond acceptors (Lipinski definition) is 5. The summed E-state index contributed by atoms with van der Waals surface area (Å²) in [6.07, 6.45) is 1.32. The van der Waals surface area contributed by atoms with Crippen LogP contribution in [-0.4, -0.2) is 42.9 Å². The number of rotatable bonds is 7. The first-order chi connectivity index (χ1) is 13.5. The van der Waals surface area contributed by atoms with Crippen molar-refractivity contribution in [3.63, 3.8) is 0 Å². The average Bonchev–Trinajstić information content (AvgIpc) is 2.69. The molecule has 2 aromatic rings. The molecular formula is C23H32N2O3. The van der Waals surface area contributed by atoms with E-state index in [2.05, 4.69) is 30.9 Å². The molecule has 5 nitrogen and oxygen atoms in total. The molecule has 2 unspecified atom stereocenters. The Morgan fingerprint density at radius 3 is 2.75 bits per heavy atom. The zero-order chi connectivity index (χ0) is 20.1. The van der Waals surface area contributed by atoms with E-state index in [0.29, 0.717) is 23.8 Å². The highest BCUT2D eigenvalue weighted by molar-refractivity contribution is 5.62. The number of nitrogen functional groups attached to an aromatic ring is 1. The van der Waals surface area contributed by atoms with Crippen molar-refractivity contribution in [3.05, 3.63) is 53.1 Å². The van der Waals surface area contributed by atoms with Crippen LogP contribution in [0.4, 0.5) is 5.69 Å². The number of aliphatic hydroxyl groups is 1. The lowest BCUT2D eigenvalue weighted by molar-refractivity contribution is 0.0290. The van der Waals surface area contributed by atoms with Gasteiger partial charge in [-0.3, -0.25) is 0 Å². The molecule has 0 saturated carbocycles. The molecule has 0 amide bonds. The molecule has 2 atom stereocenters. The van der Waals surface area contributed by atoms with Crippen LogP contribution in [0, 0.1) is 12.8 Å². The highest BCUT2D eigenvalue weighted by Gasteiger charge is 2.27. The summed E-state index contributed by atoms with van der Waals surface area (Å²) >= 11 is 0. The SMILES string of the molecule is CCN1CCC(O)C(Cc2cc(N)c(OCc3ccccc3C)c(OC)c2)C1. The summed E-state index contributed by atoms with van der Waals surface area (Å²) in [6, 6.07) is 12.1. The first kappa shape index (κ1) is 20.5. The molecule has 0 radical (unpaired) electrons. The van der Waals surface area contributed by atoms with E-state index in [4.69, 9.17) is 15.2 Å². The molecule has 2 aromatic carbocycles. The topological polar surface area (TPSA) is 68.0 Å². The van der Waals surface area contributed by atoms with Crippen LogP contribution >= 0.6 is 0 Å². The van der Waals surface area contributed by atoms with Crippen LogP contribution in [-0.2, 0) is 13.0 Å². The maximum Gasteiger partial charge on any atom is 0.184 e. The standard InChI is InChI=1S/C23H32N2O3/c1-4-25-10-9-21(26)19(14-25)11-17-12-20(24)23(22(13-17)27-3)28-15-18-8-6-5-7-16(18)2/h5-8,12-13,19,21,26H,4,9-11,14-15,24H2,1-3H3. The molecule has 0 spiro atoms. The summed E-state index contributed by atoms with van der Waals surface area (Å²) in [5.41, 5.74) is 10.3. The van der Waals surface area contributed by atoms with Crippen molar-refractivity contribution >= 4 is 5.69 Å². The number of likely N-dealkylation sites (tertiary alicyclic amines) is 1. The second-order valence-corrected chi connectivity index (χ2v) is 7.65. The van der Waals surface area contributed by atoms with Crippen molar-refractivity contribution in [2.24, 2.45) is 5.92 Å². The predicted octanol–water partition coefficient (Wildman–Crippen LogP) is 3.41. The maximum absolute atomic E-state index is 10.4. The molecule has 1 aliphatic heterocycles. The van der Waals surface area contributed by atoms with Crippen LogP contribution in [0.2, 0.25) is 0 Å². The predicted molar refractivity (Wildman–Crippen MR) is 113 cm³/mol. The Morgan fingerprint density at radius 1 is 1.25 bits per heavy atom. The van der Waals surface area contributed by atoms with Gasteiger partial charge in [-0.2, -0.15) is 0 Å². The van der Waals surface area contributed by atoms with Gasteiger partial charge in [0.05, 0.1) is 18.9 Å². The van der Waals surface area contributed by atoms with Gasteiger partial charge in [0.1, 0.15) is 6.61 Å². The minimum atomic E-state index is -0.271. The largest absolute Gasteiger partial charge is 0.493 e. The van der Waals surface area contributed by atoms with E-state index in [1.165, 1.54) is 5.56 Å². The Morgan fingerprint density at radius 2 is 2.04 bits per heavy atom. The first-order valence-electron chi connectivity index (χ1n) is 10.1. The number of anilines is 1. The Balaban J connectivity index is 1.75. The lowest BCUT2D eigenvalue weighted by atomic mass is 9.88. The minimum Gasteiger partial charge on any atom is -0.493 e. The molecule has 5 heteroatoms. The molecule has 0 aliphatic carbocycles. The lowest BCUT2D eigenvalue weighted by Gasteiger charge is -2.35. The summed E-state index contributed by atoms with van der Waals surface area (Å²) in [7, 11) is 1.63. The van der Waals surface area contributed by atoms with E-state index in [9.17, 15) is 5.11 Å². The van der Waals surface area contributed by atoms with Crippen molar-refractivity contribution in [1.82, 2.24) is 4.90 Å². The van der Waals surface area contributed by atoms with E-state index < -0.39 is 0 Å². The van der Waals surface area contributed by atoms with Crippen LogP contribution < -0.4 is 15.2 Å². The molecule has 1 fully saturated rings. The molecule has 0 aromatic heterocycles. The quantitative estimate of drug-likeness (QED) is 0.716. The van der Waals surface area contributed by atoms with Gasteiger partial charge < -0.3 is 25.2 Å². The van der Waals surface area contributed by atoms with Gasteiger partial charge in [-0.1, -0.05) is 31.2 Å². The van der Waals surface area contributed by atoms with E-state index in [-0.39, 0.29) is 12.0 Å². The van der Waals surface area contributed by atoms with E-state index in [1.807, 2.05) is 24.3 Å². The molecule has 1 heterocycles. The zero-order valence-electron chi connectivity index (χ0n) is 17.1. The monoisotopic (exact) mass is 384 g/mol.